The fourth-order valence-corrected chi connectivity index (χ4v) is 3.37. The van der Waals surface area contributed by atoms with Crippen LogP contribution in [0.4, 0.5) is 5.82 Å². The highest BCUT2D eigenvalue weighted by molar-refractivity contribution is 7.99. The van der Waals surface area contributed by atoms with Crippen LogP contribution < -0.4 is 5.73 Å². The van der Waals surface area contributed by atoms with E-state index in [2.05, 4.69) is 11.9 Å². The number of carbonyl (C=O) groups excluding carboxylic acids is 1. The van der Waals surface area contributed by atoms with Gasteiger partial charge in [0.25, 0.3) is 0 Å². The van der Waals surface area contributed by atoms with Crippen LogP contribution in [0.15, 0.2) is 29.3 Å². The first-order chi connectivity index (χ1) is 12.0. The SMILES string of the molecule is CCCCSc1nc(N)c(C#N)c(C(=O)c2ccc(C)cc2)c1C#N. The summed E-state index contributed by atoms with van der Waals surface area (Å²) in [5.41, 5.74) is 7.44. The molecular weight excluding hydrogens is 332 g/mol. The van der Waals surface area contributed by atoms with Crippen LogP contribution >= 0.6 is 11.8 Å². The van der Waals surface area contributed by atoms with Gasteiger partial charge in [0.05, 0.1) is 11.1 Å². The molecule has 2 rings (SSSR count). The first-order valence-corrected chi connectivity index (χ1v) is 8.89. The molecule has 0 atom stereocenters. The number of nitriles is 2. The van der Waals surface area contributed by atoms with Gasteiger partial charge in [-0.3, -0.25) is 4.79 Å². The van der Waals surface area contributed by atoms with Crippen molar-refractivity contribution in [3.8, 4) is 12.1 Å². The van der Waals surface area contributed by atoms with E-state index in [0.717, 1.165) is 24.2 Å². The summed E-state index contributed by atoms with van der Waals surface area (Å²) in [5.74, 6) is 0.359. The normalized spacial score (nSPS) is 10.1. The number of thioether (sulfide) groups is 1. The first kappa shape index (κ1) is 18.5. The molecular formula is C19H18N4OS. The minimum absolute atomic E-state index is 0.0176. The highest BCUT2D eigenvalue weighted by Gasteiger charge is 2.25. The van der Waals surface area contributed by atoms with E-state index in [1.165, 1.54) is 11.8 Å². The number of hydrogen-bond acceptors (Lipinski definition) is 6. The van der Waals surface area contributed by atoms with Crippen molar-refractivity contribution in [2.75, 3.05) is 11.5 Å². The van der Waals surface area contributed by atoms with Crippen LogP contribution in [0.2, 0.25) is 0 Å². The molecule has 0 aliphatic rings. The molecule has 0 unspecified atom stereocenters. The zero-order chi connectivity index (χ0) is 18.4. The summed E-state index contributed by atoms with van der Waals surface area (Å²) in [7, 11) is 0. The second-order valence-corrected chi connectivity index (χ2v) is 6.63. The molecule has 0 amide bonds. The number of nitrogens with zero attached hydrogens (tertiary/aromatic N) is 3. The lowest BCUT2D eigenvalue weighted by atomic mass is 9.95. The summed E-state index contributed by atoms with van der Waals surface area (Å²) in [6.07, 6.45) is 1.97. The topological polar surface area (TPSA) is 104 Å². The van der Waals surface area contributed by atoms with Gasteiger partial charge in [-0.25, -0.2) is 4.98 Å². The number of nitrogen functional groups attached to an aromatic ring is 1. The first-order valence-electron chi connectivity index (χ1n) is 7.91. The van der Waals surface area contributed by atoms with Gasteiger partial charge < -0.3 is 5.73 Å². The zero-order valence-corrected chi connectivity index (χ0v) is 15.0. The monoisotopic (exact) mass is 350 g/mol. The third-order valence-corrected chi connectivity index (χ3v) is 4.75. The summed E-state index contributed by atoms with van der Waals surface area (Å²) in [5, 5.41) is 19.4. The highest BCUT2D eigenvalue weighted by Crippen LogP contribution is 2.30. The van der Waals surface area contributed by atoms with Gasteiger partial charge in [0.2, 0.25) is 0 Å². The number of aromatic nitrogens is 1. The van der Waals surface area contributed by atoms with E-state index in [1.807, 2.05) is 31.2 Å². The number of carbonyl (C=O) groups is 1. The van der Waals surface area contributed by atoms with Gasteiger partial charge in [-0.2, -0.15) is 10.5 Å². The number of anilines is 1. The molecule has 0 aliphatic heterocycles. The predicted molar refractivity (Wildman–Crippen MR) is 98.3 cm³/mol. The molecule has 5 nitrogen and oxygen atoms in total. The average Bonchev–Trinajstić information content (AvgIpc) is 2.61. The van der Waals surface area contributed by atoms with Gasteiger partial charge in [-0.05, 0) is 19.1 Å². The maximum atomic E-state index is 13.0. The number of hydrogen-bond donors (Lipinski definition) is 1. The molecule has 0 bridgehead atoms. The summed E-state index contributed by atoms with van der Waals surface area (Å²) >= 11 is 1.38. The largest absolute Gasteiger partial charge is 0.383 e. The number of unbranched alkanes of at least 4 members (excludes halogenated alkanes) is 1. The van der Waals surface area contributed by atoms with Crippen LogP contribution in [0, 0.1) is 29.6 Å². The summed E-state index contributed by atoms with van der Waals surface area (Å²) in [6, 6.07) is 11.0. The van der Waals surface area contributed by atoms with Crippen molar-refractivity contribution in [2.45, 2.75) is 31.7 Å². The van der Waals surface area contributed by atoms with Gasteiger partial charge in [0, 0.05) is 5.56 Å². The van der Waals surface area contributed by atoms with E-state index in [-0.39, 0.29) is 28.3 Å². The lowest BCUT2D eigenvalue weighted by Gasteiger charge is -2.12. The van der Waals surface area contributed by atoms with Gasteiger partial charge in [0.1, 0.15) is 28.5 Å². The number of pyridine rings is 1. The van der Waals surface area contributed by atoms with Crippen molar-refractivity contribution >= 4 is 23.4 Å². The smallest absolute Gasteiger partial charge is 0.195 e. The second kappa shape index (κ2) is 8.32. The highest BCUT2D eigenvalue weighted by atomic mass is 32.2. The Balaban J connectivity index is 2.61. The number of nitrogens with two attached hydrogens (primary N) is 1. The Morgan fingerprint density at radius 3 is 2.40 bits per heavy atom. The molecule has 2 aromatic rings. The third-order valence-electron chi connectivity index (χ3n) is 3.69. The van der Waals surface area contributed by atoms with Crippen molar-refractivity contribution in [2.24, 2.45) is 0 Å². The molecule has 2 N–H and O–H groups in total. The lowest BCUT2D eigenvalue weighted by Crippen LogP contribution is -2.12. The van der Waals surface area contributed by atoms with Crippen LogP contribution in [0.25, 0.3) is 0 Å². The molecule has 126 valence electrons. The van der Waals surface area contributed by atoms with E-state index >= 15 is 0 Å². The van der Waals surface area contributed by atoms with E-state index in [4.69, 9.17) is 5.73 Å². The maximum absolute atomic E-state index is 13.0. The molecule has 0 spiro atoms. The lowest BCUT2D eigenvalue weighted by molar-refractivity contribution is 0.103. The summed E-state index contributed by atoms with van der Waals surface area (Å²) in [4.78, 5) is 17.1. The van der Waals surface area contributed by atoms with Gasteiger partial charge in [-0.15, -0.1) is 11.8 Å². The minimum Gasteiger partial charge on any atom is -0.383 e. The quantitative estimate of drug-likeness (QED) is 0.482. The molecule has 6 heteroatoms. The molecule has 0 saturated heterocycles. The minimum atomic E-state index is -0.389. The van der Waals surface area contributed by atoms with E-state index in [9.17, 15) is 15.3 Å². The number of rotatable bonds is 6. The van der Waals surface area contributed by atoms with Crippen LogP contribution in [0.1, 0.15) is 52.4 Å². The summed E-state index contributed by atoms with van der Waals surface area (Å²) in [6.45, 7) is 3.99. The molecule has 1 heterocycles. The van der Waals surface area contributed by atoms with Crippen LogP contribution in [0.5, 0.6) is 0 Å². The molecule has 0 aliphatic carbocycles. The number of benzene rings is 1. The Kier molecular flexibility index (Phi) is 6.16. The van der Waals surface area contributed by atoms with Gasteiger partial charge in [-0.1, -0.05) is 43.2 Å². The Morgan fingerprint density at radius 2 is 1.84 bits per heavy atom. The molecule has 0 saturated carbocycles. The fourth-order valence-electron chi connectivity index (χ4n) is 2.29. The van der Waals surface area contributed by atoms with Crippen LogP contribution in [-0.2, 0) is 0 Å². The second-order valence-electron chi connectivity index (χ2n) is 5.55. The zero-order valence-electron chi connectivity index (χ0n) is 14.2. The number of aryl methyl sites for hydroxylation is 1. The average molecular weight is 350 g/mol. The van der Waals surface area contributed by atoms with E-state index < -0.39 is 0 Å². The maximum Gasteiger partial charge on any atom is 0.195 e. The fraction of sp³-hybridized carbons (Fsp3) is 0.263. The standard InChI is InChI=1S/C19H18N4OS/c1-3-4-9-25-19-15(11-21)16(14(10-20)18(22)23-19)17(24)13-7-5-12(2)6-8-13/h5-8H,3-4,9H2,1-2H3,(H2,22,23). The Morgan fingerprint density at radius 1 is 1.20 bits per heavy atom. The van der Waals surface area contributed by atoms with Crippen LogP contribution in [-0.4, -0.2) is 16.5 Å². The molecule has 0 fully saturated rings. The third kappa shape index (κ3) is 3.99. The molecule has 1 aromatic carbocycles. The van der Waals surface area contributed by atoms with Gasteiger partial charge in [0.15, 0.2) is 5.78 Å². The van der Waals surface area contributed by atoms with Crippen molar-refractivity contribution < 1.29 is 4.79 Å². The number of ketones is 1. The molecule has 25 heavy (non-hydrogen) atoms. The van der Waals surface area contributed by atoms with Crippen molar-refractivity contribution in [3.05, 3.63) is 52.1 Å². The summed E-state index contributed by atoms with van der Waals surface area (Å²) < 4.78 is 0. The molecule has 1 aromatic heterocycles. The Labute approximate surface area is 151 Å². The van der Waals surface area contributed by atoms with E-state index in [1.54, 1.807) is 12.1 Å². The Bertz CT molecular complexity index is 876. The van der Waals surface area contributed by atoms with Gasteiger partial charge >= 0.3 is 0 Å². The van der Waals surface area contributed by atoms with Crippen LogP contribution in [0.3, 0.4) is 0 Å². The predicted octanol–water partition coefficient (Wildman–Crippen LogP) is 3.84. The Hall–Kier alpha value is -2.83. The van der Waals surface area contributed by atoms with Crippen molar-refractivity contribution in [1.29, 1.82) is 10.5 Å². The molecule has 0 radical (unpaired) electrons. The van der Waals surface area contributed by atoms with Crippen molar-refractivity contribution in [1.82, 2.24) is 4.98 Å². The van der Waals surface area contributed by atoms with E-state index in [0.29, 0.717) is 10.6 Å². The van der Waals surface area contributed by atoms with Crippen molar-refractivity contribution in [3.63, 3.8) is 0 Å².